The smallest absolute Gasteiger partial charge is 0.357 e. The monoisotopic (exact) mass is 296 g/mol. The number of rotatable bonds is 5. The van der Waals surface area contributed by atoms with Gasteiger partial charge in [0, 0.05) is 16.9 Å². The molecule has 4 nitrogen and oxygen atoms in total. The molecule has 0 radical (unpaired) electrons. The normalized spacial score (nSPS) is 10.2. The summed E-state index contributed by atoms with van der Waals surface area (Å²) in [6, 6.07) is 7.59. The van der Waals surface area contributed by atoms with Crippen LogP contribution in [0.1, 0.15) is 23.0 Å². The molecule has 0 aliphatic carbocycles. The number of thiazole rings is 1. The van der Waals surface area contributed by atoms with Gasteiger partial charge in [0.25, 0.3) is 0 Å². The first kappa shape index (κ1) is 13.8. The molecule has 0 amide bonds. The highest BCUT2D eigenvalue weighted by Gasteiger charge is 2.11. The standard InChI is InChI=1S/C13H13ClN2O2S/c1-2-18-12(17)11-8-19-13(16-11)15-7-9-5-3-4-6-10(9)14/h3-6,8H,2,7H2,1H3,(H,15,16). The van der Waals surface area contributed by atoms with Crippen molar-refractivity contribution in [2.75, 3.05) is 11.9 Å². The number of carbonyl (C=O) groups excluding carboxylic acids is 1. The van der Waals surface area contributed by atoms with Crippen LogP contribution in [-0.4, -0.2) is 17.6 Å². The Morgan fingerprint density at radius 2 is 2.26 bits per heavy atom. The van der Waals surface area contributed by atoms with Crippen LogP contribution in [0, 0.1) is 0 Å². The molecule has 0 spiro atoms. The molecule has 19 heavy (non-hydrogen) atoms. The fourth-order valence-corrected chi connectivity index (χ4v) is 2.35. The molecule has 0 saturated carbocycles. The summed E-state index contributed by atoms with van der Waals surface area (Å²) in [5.74, 6) is -0.399. The summed E-state index contributed by atoms with van der Waals surface area (Å²) >= 11 is 7.42. The lowest BCUT2D eigenvalue weighted by molar-refractivity contribution is 0.0520. The van der Waals surface area contributed by atoms with Crippen molar-refractivity contribution in [3.8, 4) is 0 Å². The van der Waals surface area contributed by atoms with Gasteiger partial charge < -0.3 is 10.1 Å². The number of halogens is 1. The van der Waals surface area contributed by atoms with Gasteiger partial charge >= 0.3 is 5.97 Å². The second-order valence-electron chi connectivity index (χ2n) is 3.70. The first-order chi connectivity index (χ1) is 9.20. The van der Waals surface area contributed by atoms with E-state index in [4.69, 9.17) is 16.3 Å². The summed E-state index contributed by atoms with van der Waals surface area (Å²) in [5.41, 5.74) is 1.31. The molecule has 0 bridgehead atoms. The summed E-state index contributed by atoms with van der Waals surface area (Å²) < 4.78 is 4.88. The second-order valence-corrected chi connectivity index (χ2v) is 4.97. The van der Waals surface area contributed by atoms with Crippen LogP contribution < -0.4 is 5.32 Å². The Kier molecular flexibility index (Phi) is 4.76. The molecule has 0 aliphatic rings. The van der Waals surface area contributed by atoms with Gasteiger partial charge in [-0.15, -0.1) is 11.3 Å². The van der Waals surface area contributed by atoms with Crippen LogP contribution in [0.4, 0.5) is 5.13 Å². The number of anilines is 1. The van der Waals surface area contributed by atoms with Crippen LogP contribution in [-0.2, 0) is 11.3 Å². The lowest BCUT2D eigenvalue weighted by atomic mass is 10.2. The Morgan fingerprint density at radius 3 is 3.00 bits per heavy atom. The highest BCUT2D eigenvalue weighted by Crippen LogP contribution is 2.20. The summed E-state index contributed by atoms with van der Waals surface area (Å²) in [6.45, 7) is 2.68. The summed E-state index contributed by atoms with van der Waals surface area (Å²) in [7, 11) is 0. The zero-order chi connectivity index (χ0) is 13.7. The maximum Gasteiger partial charge on any atom is 0.357 e. The van der Waals surface area contributed by atoms with Gasteiger partial charge in [-0.25, -0.2) is 9.78 Å². The van der Waals surface area contributed by atoms with Crippen LogP contribution >= 0.6 is 22.9 Å². The zero-order valence-electron chi connectivity index (χ0n) is 10.4. The van der Waals surface area contributed by atoms with Crippen LogP contribution in [0.25, 0.3) is 0 Å². The number of ether oxygens (including phenoxy) is 1. The minimum absolute atomic E-state index is 0.327. The SMILES string of the molecule is CCOC(=O)c1csc(NCc2ccccc2Cl)n1. The Balaban J connectivity index is 1.97. The maximum absolute atomic E-state index is 11.5. The molecule has 2 aromatic rings. The van der Waals surface area contributed by atoms with Crippen molar-refractivity contribution in [3.63, 3.8) is 0 Å². The van der Waals surface area contributed by atoms with Crippen molar-refractivity contribution >= 4 is 34.0 Å². The Bertz CT molecular complexity index is 571. The molecule has 1 N–H and O–H groups in total. The number of benzene rings is 1. The molecule has 1 aromatic carbocycles. The van der Waals surface area contributed by atoms with Crippen molar-refractivity contribution in [3.05, 3.63) is 45.9 Å². The van der Waals surface area contributed by atoms with Crippen LogP contribution in [0.2, 0.25) is 5.02 Å². The molecule has 0 aliphatic heterocycles. The Hall–Kier alpha value is -1.59. The molecule has 6 heteroatoms. The van der Waals surface area contributed by atoms with Gasteiger partial charge in [0.2, 0.25) is 0 Å². The van der Waals surface area contributed by atoms with Crippen LogP contribution in [0.3, 0.4) is 0 Å². The fourth-order valence-electron chi connectivity index (χ4n) is 1.47. The van der Waals surface area contributed by atoms with E-state index >= 15 is 0 Å². The molecular weight excluding hydrogens is 284 g/mol. The summed E-state index contributed by atoms with van der Waals surface area (Å²) in [5, 5.41) is 6.18. The first-order valence-corrected chi connectivity index (χ1v) is 7.06. The minimum Gasteiger partial charge on any atom is -0.461 e. The van der Waals surface area contributed by atoms with E-state index in [2.05, 4.69) is 10.3 Å². The number of hydrogen-bond donors (Lipinski definition) is 1. The third kappa shape index (κ3) is 3.68. The van der Waals surface area contributed by atoms with Crippen molar-refractivity contribution in [2.24, 2.45) is 0 Å². The maximum atomic E-state index is 11.5. The number of hydrogen-bond acceptors (Lipinski definition) is 5. The van der Waals surface area contributed by atoms with Gasteiger partial charge in [0.1, 0.15) is 0 Å². The molecule has 0 unspecified atom stereocenters. The van der Waals surface area contributed by atoms with Gasteiger partial charge in [0.05, 0.1) is 6.61 Å². The van der Waals surface area contributed by atoms with E-state index in [1.165, 1.54) is 11.3 Å². The summed E-state index contributed by atoms with van der Waals surface area (Å²) in [6.07, 6.45) is 0. The molecule has 0 fully saturated rings. The first-order valence-electron chi connectivity index (χ1n) is 5.80. The van der Waals surface area contributed by atoms with Gasteiger partial charge in [-0.05, 0) is 18.6 Å². The van der Waals surface area contributed by atoms with Crippen LogP contribution in [0.15, 0.2) is 29.6 Å². The predicted octanol–water partition coefficient (Wildman–Crippen LogP) is 3.59. The van der Waals surface area contributed by atoms with E-state index in [-0.39, 0.29) is 0 Å². The van der Waals surface area contributed by atoms with Gasteiger partial charge in [0.15, 0.2) is 10.8 Å². The number of esters is 1. The molecule has 0 atom stereocenters. The van der Waals surface area contributed by atoms with E-state index in [9.17, 15) is 4.79 Å². The van der Waals surface area contributed by atoms with E-state index < -0.39 is 5.97 Å². The average Bonchev–Trinajstić information content (AvgIpc) is 2.87. The topological polar surface area (TPSA) is 51.2 Å². The number of carbonyl (C=O) groups is 1. The minimum atomic E-state index is -0.399. The zero-order valence-corrected chi connectivity index (χ0v) is 11.9. The highest BCUT2D eigenvalue weighted by molar-refractivity contribution is 7.13. The predicted molar refractivity (Wildman–Crippen MR) is 76.8 cm³/mol. The number of aromatic nitrogens is 1. The lowest BCUT2D eigenvalue weighted by Gasteiger charge is -2.04. The molecule has 2 rings (SSSR count). The van der Waals surface area contributed by atoms with Crippen molar-refractivity contribution in [1.29, 1.82) is 0 Å². The Labute approximate surface area is 120 Å². The molecule has 1 heterocycles. The Morgan fingerprint density at radius 1 is 1.47 bits per heavy atom. The van der Waals surface area contributed by atoms with E-state index in [1.54, 1.807) is 12.3 Å². The number of nitrogens with zero attached hydrogens (tertiary/aromatic N) is 1. The molecule has 100 valence electrons. The quantitative estimate of drug-likeness (QED) is 0.857. The fraction of sp³-hybridized carbons (Fsp3) is 0.231. The second kappa shape index (κ2) is 6.54. The highest BCUT2D eigenvalue weighted by atomic mass is 35.5. The average molecular weight is 297 g/mol. The van der Waals surface area contributed by atoms with E-state index in [0.717, 1.165) is 5.56 Å². The summed E-state index contributed by atoms with van der Waals surface area (Å²) in [4.78, 5) is 15.6. The lowest BCUT2D eigenvalue weighted by Crippen LogP contribution is -2.05. The van der Waals surface area contributed by atoms with Gasteiger partial charge in [-0.2, -0.15) is 0 Å². The van der Waals surface area contributed by atoms with Crippen molar-refractivity contribution < 1.29 is 9.53 Å². The molecule has 0 saturated heterocycles. The number of nitrogens with one attached hydrogen (secondary N) is 1. The molecular formula is C13H13ClN2O2S. The van der Waals surface area contributed by atoms with E-state index in [1.807, 2.05) is 24.3 Å². The van der Waals surface area contributed by atoms with Crippen molar-refractivity contribution in [1.82, 2.24) is 4.98 Å². The van der Waals surface area contributed by atoms with E-state index in [0.29, 0.717) is 29.0 Å². The largest absolute Gasteiger partial charge is 0.461 e. The third-order valence-corrected chi connectivity index (χ3v) is 3.55. The van der Waals surface area contributed by atoms with Gasteiger partial charge in [-0.1, -0.05) is 29.8 Å². The van der Waals surface area contributed by atoms with Crippen LogP contribution in [0.5, 0.6) is 0 Å². The van der Waals surface area contributed by atoms with Crippen molar-refractivity contribution in [2.45, 2.75) is 13.5 Å². The van der Waals surface area contributed by atoms with Gasteiger partial charge in [-0.3, -0.25) is 0 Å². The molecule has 1 aromatic heterocycles. The third-order valence-electron chi connectivity index (χ3n) is 2.38.